The normalized spacial score (nSPS) is 21.7. The van der Waals surface area contributed by atoms with E-state index in [9.17, 15) is 4.79 Å². The van der Waals surface area contributed by atoms with Crippen LogP contribution in [0.5, 0.6) is 0 Å². The number of hydrogen-bond donors (Lipinski definition) is 0. The van der Waals surface area contributed by atoms with Crippen LogP contribution in [0.4, 0.5) is 5.95 Å². The number of aromatic nitrogens is 2. The van der Waals surface area contributed by atoms with Crippen molar-refractivity contribution in [3.8, 4) is 0 Å². The van der Waals surface area contributed by atoms with E-state index < -0.39 is 0 Å². The lowest BCUT2D eigenvalue weighted by Crippen LogP contribution is -2.51. The molecule has 0 bridgehead atoms. The van der Waals surface area contributed by atoms with Gasteiger partial charge in [0.2, 0.25) is 11.9 Å². The Morgan fingerprint density at radius 3 is 2.68 bits per heavy atom. The Kier molecular flexibility index (Phi) is 4.94. The summed E-state index contributed by atoms with van der Waals surface area (Å²) in [5.41, 5.74) is 1.36. The standard InChI is InChI=1S/C18H23N5OS/c24-17(13-23-7-1-3-16(23)15-4-12-25-14-15)21-8-10-22(11-9-21)18-19-5-2-6-20-18/h2,4-6,12,14,16H,1,3,7-11,13H2. The zero-order valence-electron chi connectivity index (χ0n) is 14.3. The molecule has 4 rings (SSSR count). The maximum atomic E-state index is 12.7. The molecule has 2 aromatic heterocycles. The van der Waals surface area contributed by atoms with Crippen molar-refractivity contribution in [2.45, 2.75) is 18.9 Å². The van der Waals surface area contributed by atoms with Crippen LogP contribution in [0.1, 0.15) is 24.4 Å². The first-order valence-corrected chi connectivity index (χ1v) is 9.81. The minimum absolute atomic E-state index is 0.246. The van der Waals surface area contributed by atoms with Crippen molar-refractivity contribution >= 4 is 23.2 Å². The lowest BCUT2D eigenvalue weighted by molar-refractivity contribution is -0.133. The molecule has 0 aromatic carbocycles. The average molecular weight is 357 g/mol. The van der Waals surface area contributed by atoms with Crippen LogP contribution in [0.25, 0.3) is 0 Å². The molecule has 2 aromatic rings. The van der Waals surface area contributed by atoms with Crippen molar-refractivity contribution in [2.24, 2.45) is 0 Å². The number of amides is 1. The first kappa shape index (κ1) is 16.5. The number of thiophene rings is 1. The van der Waals surface area contributed by atoms with E-state index in [1.807, 2.05) is 11.0 Å². The number of anilines is 1. The van der Waals surface area contributed by atoms with Crippen LogP contribution >= 0.6 is 11.3 Å². The summed E-state index contributed by atoms with van der Waals surface area (Å²) in [5, 5.41) is 4.34. The molecule has 0 aliphatic carbocycles. The van der Waals surface area contributed by atoms with Crippen LogP contribution in [0.2, 0.25) is 0 Å². The largest absolute Gasteiger partial charge is 0.338 e. The number of piperazine rings is 1. The third-order valence-corrected chi connectivity index (χ3v) is 5.80. The van der Waals surface area contributed by atoms with Gasteiger partial charge in [-0.15, -0.1) is 0 Å². The van der Waals surface area contributed by atoms with Gasteiger partial charge in [-0.2, -0.15) is 11.3 Å². The molecule has 6 nitrogen and oxygen atoms in total. The van der Waals surface area contributed by atoms with Crippen molar-refractivity contribution in [1.29, 1.82) is 0 Å². The summed E-state index contributed by atoms with van der Waals surface area (Å²) in [6.45, 7) is 4.63. The van der Waals surface area contributed by atoms with Gasteiger partial charge in [0.25, 0.3) is 0 Å². The molecule has 1 unspecified atom stereocenters. The van der Waals surface area contributed by atoms with E-state index in [1.165, 1.54) is 12.0 Å². The summed E-state index contributed by atoms with van der Waals surface area (Å²) in [6, 6.07) is 4.43. The van der Waals surface area contributed by atoms with Crippen LogP contribution < -0.4 is 4.90 Å². The summed E-state index contributed by atoms with van der Waals surface area (Å²) in [4.78, 5) is 27.8. The van der Waals surface area contributed by atoms with E-state index in [0.717, 1.165) is 45.1 Å². The second kappa shape index (κ2) is 7.49. The van der Waals surface area contributed by atoms with Gasteiger partial charge in [0.15, 0.2) is 0 Å². The number of nitrogens with zero attached hydrogens (tertiary/aromatic N) is 5. The third kappa shape index (κ3) is 3.67. The SMILES string of the molecule is O=C(CN1CCCC1c1ccsc1)N1CCN(c2ncccn2)CC1. The topological polar surface area (TPSA) is 52.6 Å². The van der Waals surface area contributed by atoms with E-state index in [0.29, 0.717) is 12.6 Å². The fourth-order valence-corrected chi connectivity index (χ4v) is 4.45. The van der Waals surface area contributed by atoms with Crippen molar-refractivity contribution in [1.82, 2.24) is 19.8 Å². The summed E-state index contributed by atoms with van der Waals surface area (Å²) in [5.74, 6) is 1.00. The molecule has 2 saturated heterocycles. The highest BCUT2D eigenvalue weighted by molar-refractivity contribution is 7.07. The predicted molar refractivity (Wildman–Crippen MR) is 98.7 cm³/mol. The predicted octanol–water partition coefficient (Wildman–Crippen LogP) is 2.02. The monoisotopic (exact) mass is 357 g/mol. The summed E-state index contributed by atoms with van der Waals surface area (Å²) >= 11 is 1.73. The lowest BCUT2D eigenvalue weighted by Gasteiger charge is -2.36. The minimum atomic E-state index is 0.246. The molecular formula is C18H23N5OS. The van der Waals surface area contributed by atoms with E-state index in [2.05, 4.69) is 36.6 Å². The van der Waals surface area contributed by atoms with Crippen LogP contribution in [-0.4, -0.2) is 64.9 Å². The number of carbonyl (C=O) groups is 1. The van der Waals surface area contributed by atoms with Crippen molar-refractivity contribution in [3.63, 3.8) is 0 Å². The smallest absolute Gasteiger partial charge is 0.236 e. The summed E-state index contributed by atoms with van der Waals surface area (Å²) in [7, 11) is 0. The van der Waals surface area contributed by atoms with Gasteiger partial charge in [0.05, 0.1) is 6.54 Å². The number of likely N-dealkylation sites (tertiary alicyclic amines) is 1. The molecule has 0 spiro atoms. The second-order valence-electron chi connectivity index (χ2n) is 6.60. The fourth-order valence-electron chi connectivity index (χ4n) is 3.74. The Balaban J connectivity index is 1.32. The Morgan fingerprint density at radius 2 is 1.96 bits per heavy atom. The maximum absolute atomic E-state index is 12.7. The van der Waals surface area contributed by atoms with E-state index in [4.69, 9.17) is 0 Å². The van der Waals surface area contributed by atoms with Gasteiger partial charge in [-0.05, 0) is 47.8 Å². The van der Waals surface area contributed by atoms with Gasteiger partial charge >= 0.3 is 0 Å². The van der Waals surface area contributed by atoms with Crippen molar-refractivity contribution < 1.29 is 4.79 Å². The average Bonchev–Trinajstić information content (AvgIpc) is 3.34. The number of carbonyl (C=O) groups excluding carboxylic acids is 1. The van der Waals surface area contributed by atoms with Gasteiger partial charge in [0, 0.05) is 44.6 Å². The third-order valence-electron chi connectivity index (χ3n) is 5.10. The Labute approximate surface area is 152 Å². The molecule has 0 N–H and O–H groups in total. The molecule has 1 amide bonds. The molecule has 132 valence electrons. The molecule has 2 fully saturated rings. The lowest BCUT2D eigenvalue weighted by atomic mass is 10.1. The fraction of sp³-hybridized carbons (Fsp3) is 0.500. The molecule has 4 heterocycles. The van der Waals surface area contributed by atoms with Gasteiger partial charge in [-0.25, -0.2) is 9.97 Å². The van der Waals surface area contributed by atoms with Crippen molar-refractivity contribution in [3.05, 3.63) is 40.8 Å². The van der Waals surface area contributed by atoms with Gasteiger partial charge in [-0.1, -0.05) is 0 Å². The second-order valence-corrected chi connectivity index (χ2v) is 7.38. The zero-order valence-corrected chi connectivity index (χ0v) is 15.1. The molecule has 1 atom stereocenters. The summed E-state index contributed by atoms with van der Waals surface area (Å²) in [6.07, 6.45) is 5.85. The first-order chi connectivity index (χ1) is 12.3. The summed E-state index contributed by atoms with van der Waals surface area (Å²) < 4.78 is 0. The highest BCUT2D eigenvalue weighted by Gasteiger charge is 2.30. The van der Waals surface area contributed by atoms with Gasteiger partial charge in [0.1, 0.15) is 0 Å². The maximum Gasteiger partial charge on any atom is 0.236 e. The van der Waals surface area contributed by atoms with Crippen molar-refractivity contribution in [2.75, 3.05) is 44.2 Å². The Morgan fingerprint density at radius 1 is 1.16 bits per heavy atom. The molecule has 2 aliphatic rings. The molecule has 0 saturated carbocycles. The highest BCUT2D eigenvalue weighted by Crippen LogP contribution is 2.32. The quantitative estimate of drug-likeness (QED) is 0.838. The number of rotatable bonds is 4. The van der Waals surface area contributed by atoms with Gasteiger partial charge < -0.3 is 9.80 Å². The van der Waals surface area contributed by atoms with Crippen LogP contribution in [0, 0.1) is 0 Å². The molecule has 0 radical (unpaired) electrons. The van der Waals surface area contributed by atoms with E-state index >= 15 is 0 Å². The molecular weight excluding hydrogens is 334 g/mol. The molecule has 25 heavy (non-hydrogen) atoms. The van der Waals surface area contributed by atoms with E-state index in [-0.39, 0.29) is 5.91 Å². The van der Waals surface area contributed by atoms with Crippen LogP contribution in [0.15, 0.2) is 35.3 Å². The first-order valence-electron chi connectivity index (χ1n) is 8.87. The Bertz CT molecular complexity index is 685. The van der Waals surface area contributed by atoms with E-state index in [1.54, 1.807) is 23.7 Å². The zero-order chi connectivity index (χ0) is 17.1. The molecule has 7 heteroatoms. The minimum Gasteiger partial charge on any atom is -0.338 e. The Hall–Kier alpha value is -1.99. The van der Waals surface area contributed by atoms with Gasteiger partial charge in [-0.3, -0.25) is 9.69 Å². The highest BCUT2D eigenvalue weighted by atomic mass is 32.1. The van der Waals surface area contributed by atoms with Crippen LogP contribution in [0.3, 0.4) is 0 Å². The molecule has 2 aliphatic heterocycles. The van der Waals surface area contributed by atoms with Crippen LogP contribution in [-0.2, 0) is 4.79 Å². The number of hydrogen-bond acceptors (Lipinski definition) is 6.